The third-order valence-electron chi connectivity index (χ3n) is 8.47. The third-order valence-corrected chi connectivity index (χ3v) is 9.15. The first-order valence-electron chi connectivity index (χ1n) is 19.3. The van der Waals surface area contributed by atoms with E-state index in [-0.39, 0.29) is 44.0 Å². The Balaban J connectivity index is 0.00000771. The molecule has 0 saturated carbocycles. The number of benzene rings is 1. The van der Waals surface area contributed by atoms with Crippen molar-refractivity contribution in [1.82, 2.24) is 20.9 Å². The lowest BCUT2D eigenvalue weighted by Gasteiger charge is -2.25. The first-order chi connectivity index (χ1) is 27.1. The molecule has 2 rings (SSSR count). The van der Waals surface area contributed by atoms with Gasteiger partial charge in [-0.2, -0.15) is 0 Å². The van der Waals surface area contributed by atoms with E-state index >= 15 is 0 Å². The normalized spacial score (nSPS) is 17.7. The van der Waals surface area contributed by atoms with Gasteiger partial charge in [-0.1, -0.05) is 107 Å². The first-order valence-corrected chi connectivity index (χ1v) is 20.5. The van der Waals surface area contributed by atoms with E-state index in [1.807, 2.05) is 108 Å². The van der Waals surface area contributed by atoms with Gasteiger partial charge in [-0.3, -0.25) is 14.4 Å². The highest BCUT2D eigenvalue weighted by Gasteiger charge is 2.33. The van der Waals surface area contributed by atoms with E-state index in [1.54, 1.807) is 6.92 Å². The molecule has 0 spiro atoms. The van der Waals surface area contributed by atoms with Crippen LogP contribution in [-0.4, -0.2) is 86.0 Å². The molecule has 5 atom stereocenters. The predicted molar refractivity (Wildman–Crippen MR) is 224 cm³/mol. The standard InChI is InChI=1S/C41H57N4O8P.C2H6/c1-7-11-13-20-34(36-22-16-15-21-35(36)31(5)10-4)29-52-41(49)44-37(30-53-54(50)51-6)39(47)40(48)45(26-9-3)28-38(46)43-25-23-33-27-42-24-17-12-14-19-32(33)18-8-2;1-2/h10-17,19,21-22,27,31-32,34,37,42,50H,4,7,9,20,23-26,28-30H2,1-3,5-6H3,(H,43,46)(H,44,49);1-2H3/b13-11-,17-12-,19-14-,33-27-;. The molecule has 1 aliphatic heterocycles. The summed E-state index contributed by atoms with van der Waals surface area (Å²) in [4.78, 5) is 64.5. The highest BCUT2D eigenvalue weighted by molar-refractivity contribution is 7.40. The van der Waals surface area contributed by atoms with E-state index in [1.165, 1.54) is 7.11 Å². The van der Waals surface area contributed by atoms with Crippen molar-refractivity contribution in [2.24, 2.45) is 5.92 Å². The smallest absolute Gasteiger partial charge is 0.407 e. The number of ether oxygens (including phenoxy) is 1. The number of nitrogens with one attached hydrogen (secondary N) is 3. The van der Waals surface area contributed by atoms with Crippen LogP contribution in [-0.2, 0) is 28.2 Å². The van der Waals surface area contributed by atoms with Crippen molar-refractivity contribution >= 4 is 32.3 Å². The number of allylic oxidation sites excluding steroid dienone is 6. The molecule has 1 heterocycles. The Hall–Kier alpha value is -4.53. The van der Waals surface area contributed by atoms with Gasteiger partial charge >= 0.3 is 14.7 Å². The molecule has 4 N–H and O–H groups in total. The summed E-state index contributed by atoms with van der Waals surface area (Å²) >= 11 is 0. The lowest BCUT2D eigenvalue weighted by Crippen LogP contribution is -2.52. The summed E-state index contributed by atoms with van der Waals surface area (Å²) < 4.78 is 15.7. The van der Waals surface area contributed by atoms with E-state index in [0.29, 0.717) is 25.8 Å². The van der Waals surface area contributed by atoms with E-state index in [4.69, 9.17) is 13.8 Å². The number of alkyl carbamates (subject to hydrolysis) is 1. The van der Waals surface area contributed by atoms with Crippen LogP contribution in [0.5, 0.6) is 0 Å². The van der Waals surface area contributed by atoms with Crippen LogP contribution in [0.2, 0.25) is 0 Å². The number of nitrogens with zero attached hydrogens (tertiary/aromatic N) is 1. The Bertz CT molecular complexity index is 1560. The second-order valence-electron chi connectivity index (χ2n) is 12.5. The predicted octanol–water partition coefficient (Wildman–Crippen LogP) is 6.97. The Morgan fingerprint density at radius 2 is 1.86 bits per heavy atom. The minimum atomic E-state index is -2.38. The monoisotopic (exact) mass is 794 g/mol. The number of hydrogen-bond donors (Lipinski definition) is 4. The molecule has 56 heavy (non-hydrogen) atoms. The van der Waals surface area contributed by atoms with Crippen molar-refractivity contribution in [3.63, 3.8) is 0 Å². The SMILES string of the molecule is C=CC(C)c1ccccc1C(C/C=C\CC)COC(=O)NC(COP(O)OC)C(=O)C(=O)N(CCC)CC(=O)NCC/C1=C/NC/C=C\C=C/C1C#CC.CC. The summed E-state index contributed by atoms with van der Waals surface area (Å²) in [5.74, 6) is 3.36. The van der Waals surface area contributed by atoms with E-state index in [2.05, 4.69) is 34.4 Å². The number of hydrogen-bond acceptors (Lipinski definition) is 9. The van der Waals surface area contributed by atoms with Gasteiger partial charge in [0.05, 0.1) is 19.1 Å². The Labute approximate surface area is 335 Å². The average molecular weight is 795 g/mol. The van der Waals surface area contributed by atoms with Gasteiger partial charge in [0.15, 0.2) is 0 Å². The fourth-order valence-corrected chi connectivity index (χ4v) is 5.97. The lowest BCUT2D eigenvalue weighted by atomic mass is 9.86. The largest absolute Gasteiger partial charge is 0.449 e. The maximum Gasteiger partial charge on any atom is 0.407 e. The summed E-state index contributed by atoms with van der Waals surface area (Å²) in [6.45, 7) is 15.7. The lowest BCUT2D eigenvalue weighted by molar-refractivity contribution is -0.147. The molecule has 308 valence electrons. The number of carbonyl (C=O) groups excluding carboxylic acids is 4. The first kappa shape index (κ1) is 49.5. The molecule has 1 aliphatic rings. The molecule has 3 amide bonds. The summed E-state index contributed by atoms with van der Waals surface area (Å²) in [6, 6.07) is 6.35. The van der Waals surface area contributed by atoms with E-state index < -0.39 is 44.9 Å². The maximum atomic E-state index is 13.6. The fourth-order valence-electron chi connectivity index (χ4n) is 5.59. The van der Waals surface area contributed by atoms with Crippen LogP contribution in [0.15, 0.2) is 85.1 Å². The van der Waals surface area contributed by atoms with Crippen molar-refractivity contribution in [3.8, 4) is 11.8 Å². The molecule has 0 aliphatic carbocycles. The van der Waals surface area contributed by atoms with Crippen molar-refractivity contribution in [2.75, 3.05) is 46.5 Å². The van der Waals surface area contributed by atoms with Crippen LogP contribution in [0, 0.1) is 17.8 Å². The van der Waals surface area contributed by atoms with Gasteiger partial charge in [-0.25, -0.2) is 4.79 Å². The minimum absolute atomic E-state index is 0.0186. The molecule has 1 aromatic rings. The van der Waals surface area contributed by atoms with Gasteiger partial charge in [-0.15, -0.1) is 12.5 Å². The van der Waals surface area contributed by atoms with Crippen molar-refractivity contribution in [2.45, 2.75) is 85.1 Å². The van der Waals surface area contributed by atoms with Crippen LogP contribution in [0.25, 0.3) is 0 Å². The number of ketones is 1. The molecule has 0 bridgehead atoms. The zero-order valence-corrected chi connectivity index (χ0v) is 35.1. The van der Waals surface area contributed by atoms with Gasteiger partial charge in [0.25, 0.3) is 5.91 Å². The molecule has 5 unspecified atom stereocenters. The van der Waals surface area contributed by atoms with E-state index in [0.717, 1.165) is 28.0 Å². The fraction of sp³-hybridized carbons (Fsp3) is 0.488. The average Bonchev–Trinajstić information content (AvgIpc) is 3.32. The highest BCUT2D eigenvalue weighted by atomic mass is 31.2. The van der Waals surface area contributed by atoms with Crippen LogP contribution in [0.4, 0.5) is 4.79 Å². The quantitative estimate of drug-likeness (QED) is 0.0422. The molecule has 0 radical (unpaired) electrons. The summed E-state index contributed by atoms with van der Waals surface area (Å²) in [7, 11) is -1.17. The Morgan fingerprint density at radius 3 is 2.52 bits per heavy atom. The second-order valence-corrected chi connectivity index (χ2v) is 13.6. The van der Waals surface area contributed by atoms with Gasteiger partial charge in [0.1, 0.15) is 12.6 Å². The minimum Gasteiger partial charge on any atom is -0.449 e. The molecule has 1 aromatic carbocycles. The summed E-state index contributed by atoms with van der Waals surface area (Å²) in [5.41, 5.74) is 3.05. The van der Waals surface area contributed by atoms with Crippen molar-refractivity contribution < 1.29 is 37.9 Å². The van der Waals surface area contributed by atoms with Gasteiger partial charge in [-0.05, 0) is 61.4 Å². The van der Waals surface area contributed by atoms with Crippen LogP contribution < -0.4 is 16.0 Å². The number of carbonyl (C=O) groups is 4. The molecule has 12 nitrogen and oxygen atoms in total. The summed E-state index contributed by atoms with van der Waals surface area (Å²) in [6.07, 6.45) is 17.2. The zero-order valence-electron chi connectivity index (χ0n) is 34.2. The number of Topliss-reactive ketones (excluding diaryl/α,β-unsaturated/α-hetero) is 1. The van der Waals surface area contributed by atoms with Gasteiger partial charge in [0, 0.05) is 32.7 Å². The van der Waals surface area contributed by atoms with Crippen LogP contribution in [0.3, 0.4) is 0 Å². The molecular formula is C43H63N4O8P. The highest BCUT2D eigenvalue weighted by Crippen LogP contribution is 2.32. The Kier molecular flexibility index (Phi) is 26.3. The van der Waals surface area contributed by atoms with E-state index in [9.17, 15) is 24.1 Å². The molecule has 0 saturated heterocycles. The number of amides is 3. The molecule has 0 aromatic heterocycles. The van der Waals surface area contributed by atoms with Gasteiger partial charge < -0.3 is 39.5 Å². The molecular weight excluding hydrogens is 731 g/mol. The molecule has 13 heteroatoms. The van der Waals surface area contributed by atoms with Crippen molar-refractivity contribution in [1.29, 1.82) is 0 Å². The maximum absolute atomic E-state index is 13.6. The Morgan fingerprint density at radius 1 is 1.12 bits per heavy atom. The van der Waals surface area contributed by atoms with Gasteiger partial charge in [0.2, 0.25) is 11.7 Å². The van der Waals surface area contributed by atoms with Crippen LogP contribution in [0.1, 0.15) is 90.2 Å². The topological polar surface area (TPSA) is 156 Å². The third kappa shape index (κ3) is 18.4. The van der Waals surface area contributed by atoms with Crippen molar-refractivity contribution in [3.05, 3.63) is 96.3 Å². The summed E-state index contributed by atoms with van der Waals surface area (Å²) in [5, 5.41) is 8.51. The number of rotatable bonds is 22. The zero-order chi connectivity index (χ0) is 41.7. The van der Waals surface area contributed by atoms with Crippen LogP contribution >= 0.6 is 8.60 Å². The second kappa shape index (κ2) is 29.7. The molecule has 0 fully saturated rings.